The molecular weight excluding hydrogens is 210 g/mol. The van der Waals surface area contributed by atoms with E-state index in [1.54, 1.807) is 11.3 Å². The van der Waals surface area contributed by atoms with E-state index < -0.39 is 0 Å². The van der Waals surface area contributed by atoms with Crippen LogP contribution in [0.3, 0.4) is 0 Å². The third kappa shape index (κ3) is 3.15. The second kappa shape index (κ2) is 5.44. The smallest absolute Gasteiger partial charge is 0.197 e. The zero-order chi connectivity index (χ0) is 10.5. The second-order valence-corrected chi connectivity index (χ2v) is 4.96. The molecule has 15 heavy (non-hydrogen) atoms. The summed E-state index contributed by atoms with van der Waals surface area (Å²) in [7, 11) is 0. The highest BCUT2D eigenvalue weighted by atomic mass is 32.1. The average Bonchev–Trinajstić information content (AvgIpc) is 2.76. The van der Waals surface area contributed by atoms with Gasteiger partial charge in [-0.1, -0.05) is 30.6 Å². The lowest BCUT2D eigenvalue weighted by Gasteiger charge is -2.21. The average molecular weight is 227 g/mol. The second-order valence-electron chi connectivity index (χ2n) is 3.85. The Balaban J connectivity index is 1.76. The summed E-state index contributed by atoms with van der Waals surface area (Å²) in [5.41, 5.74) is 2.54. The van der Waals surface area contributed by atoms with E-state index in [0.29, 0.717) is 12.7 Å². The van der Waals surface area contributed by atoms with E-state index >= 15 is 0 Å². The Morgan fingerprint density at radius 2 is 2.27 bits per heavy atom. The highest BCUT2D eigenvalue weighted by Crippen LogP contribution is 2.23. The van der Waals surface area contributed by atoms with Crippen molar-refractivity contribution in [3.8, 4) is 0 Å². The molecule has 1 aliphatic rings. The van der Waals surface area contributed by atoms with E-state index in [9.17, 15) is 0 Å². The van der Waals surface area contributed by atoms with Crippen molar-refractivity contribution in [1.29, 1.82) is 0 Å². The summed E-state index contributed by atoms with van der Waals surface area (Å²) in [6.45, 7) is 0.671. The van der Waals surface area contributed by atoms with E-state index in [4.69, 9.17) is 10.6 Å². The molecule has 1 saturated carbocycles. The fraction of sp³-hybridized carbons (Fsp3) is 0.700. The van der Waals surface area contributed by atoms with Gasteiger partial charge in [-0.3, -0.25) is 5.43 Å². The molecule has 0 spiro atoms. The molecule has 0 aromatic carbocycles. The Morgan fingerprint density at radius 1 is 1.47 bits per heavy atom. The van der Waals surface area contributed by atoms with Gasteiger partial charge in [-0.2, -0.15) is 0 Å². The molecule has 1 heterocycles. The summed E-state index contributed by atoms with van der Waals surface area (Å²) in [5, 5.41) is 0.747. The molecule has 5 heteroatoms. The minimum absolute atomic E-state index is 0.454. The summed E-state index contributed by atoms with van der Waals surface area (Å²) in [4.78, 5) is 5.23. The molecule has 0 unspecified atom stereocenters. The Hall–Kier alpha value is -0.650. The molecule has 3 N–H and O–H groups in total. The van der Waals surface area contributed by atoms with Crippen molar-refractivity contribution in [3.05, 3.63) is 11.1 Å². The van der Waals surface area contributed by atoms with Crippen molar-refractivity contribution in [2.75, 3.05) is 5.43 Å². The van der Waals surface area contributed by atoms with Gasteiger partial charge in [0.2, 0.25) is 0 Å². The fourth-order valence-electron chi connectivity index (χ4n) is 1.87. The van der Waals surface area contributed by atoms with Crippen LogP contribution in [0.4, 0.5) is 5.13 Å². The number of thiazole rings is 1. The van der Waals surface area contributed by atoms with Crippen LogP contribution in [0, 0.1) is 0 Å². The topological polar surface area (TPSA) is 60.2 Å². The summed E-state index contributed by atoms with van der Waals surface area (Å²) in [6, 6.07) is 0. The van der Waals surface area contributed by atoms with Gasteiger partial charge in [0.1, 0.15) is 0 Å². The van der Waals surface area contributed by atoms with Gasteiger partial charge >= 0.3 is 0 Å². The molecule has 1 aromatic rings. The maximum absolute atomic E-state index is 5.83. The van der Waals surface area contributed by atoms with Crippen LogP contribution in [-0.2, 0) is 11.3 Å². The number of ether oxygens (including phenoxy) is 1. The van der Waals surface area contributed by atoms with Gasteiger partial charge in [-0.25, -0.2) is 10.8 Å². The van der Waals surface area contributed by atoms with Crippen LogP contribution in [0.5, 0.6) is 0 Å². The lowest BCUT2D eigenvalue weighted by atomic mass is 9.98. The number of hydrogen-bond acceptors (Lipinski definition) is 5. The standard InChI is InChI=1S/C10H17N3OS/c11-13-10-12-6-9(15-10)7-14-8-4-2-1-3-5-8/h6,8H,1-5,7,11H2,(H,12,13). The molecule has 0 saturated heterocycles. The maximum atomic E-state index is 5.83. The zero-order valence-corrected chi connectivity index (χ0v) is 9.55. The Kier molecular flexibility index (Phi) is 3.94. The first-order valence-electron chi connectivity index (χ1n) is 5.41. The number of nitrogens with zero attached hydrogens (tertiary/aromatic N) is 1. The number of nitrogens with two attached hydrogens (primary N) is 1. The lowest BCUT2D eigenvalue weighted by molar-refractivity contribution is 0.0181. The van der Waals surface area contributed by atoms with Gasteiger partial charge in [0.15, 0.2) is 5.13 Å². The first-order chi connectivity index (χ1) is 7.38. The maximum Gasteiger partial charge on any atom is 0.197 e. The van der Waals surface area contributed by atoms with Gasteiger partial charge in [0, 0.05) is 6.20 Å². The molecular formula is C10H17N3OS. The van der Waals surface area contributed by atoms with Gasteiger partial charge in [-0.15, -0.1) is 0 Å². The minimum Gasteiger partial charge on any atom is -0.373 e. The highest BCUT2D eigenvalue weighted by molar-refractivity contribution is 7.15. The molecule has 2 rings (SSSR count). The number of aromatic nitrogens is 1. The van der Waals surface area contributed by atoms with Crippen molar-refractivity contribution in [2.24, 2.45) is 5.84 Å². The molecule has 0 amide bonds. The van der Waals surface area contributed by atoms with Crippen LogP contribution < -0.4 is 11.3 Å². The minimum atomic E-state index is 0.454. The van der Waals surface area contributed by atoms with Crippen molar-refractivity contribution in [1.82, 2.24) is 4.98 Å². The monoisotopic (exact) mass is 227 g/mol. The molecule has 1 fully saturated rings. The van der Waals surface area contributed by atoms with Gasteiger partial charge in [0.05, 0.1) is 17.6 Å². The zero-order valence-electron chi connectivity index (χ0n) is 8.74. The molecule has 0 aliphatic heterocycles. The lowest BCUT2D eigenvalue weighted by Crippen LogP contribution is -2.15. The van der Waals surface area contributed by atoms with E-state index in [2.05, 4.69) is 10.4 Å². The van der Waals surface area contributed by atoms with Crippen molar-refractivity contribution in [2.45, 2.75) is 44.8 Å². The fourth-order valence-corrected chi connectivity index (χ4v) is 2.52. The molecule has 84 valence electrons. The number of anilines is 1. The molecule has 1 aliphatic carbocycles. The normalized spacial score (nSPS) is 17.9. The van der Waals surface area contributed by atoms with Crippen molar-refractivity contribution >= 4 is 16.5 Å². The third-order valence-corrected chi connectivity index (χ3v) is 3.59. The molecule has 0 bridgehead atoms. The van der Waals surface area contributed by atoms with Crippen molar-refractivity contribution < 1.29 is 4.74 Å². The van der Waals surface area contributed by atoms with Crippen LogP contribution in [0.15, 0.2) is 6.20 Å². The Labute approximate surface area is 93.8 Å². The highest BCUT2D eigenvalue weighted by Gasteiger charge is 2.14. The molecule has 4 nitrogen and oxygen atoms in total. The van der Waals surface area contributed by atoms with E-state index in [1.807, 2.05) is 6.20 Å². The quantitative estimate of drug-likeness (QED) is 0.612. The van der Waals surface area contributed by atoms with E-state index in [-0.39, 0.29) is 0 Å². The van der Waals surface area contributed by atoms with Crippen LogP contribution >= 0.6 is 11.3 Å². The van der Waals surface area contributed by atoms with Crippen LogP contribution in [-0.4, -0.2) is 11.1 Å². The van der Waals surface area contributed by atoms with Crippen LogP contribution in [0.25, 0.3) is 0 Å². The third-order valence-electron chi connectivity index (χ3n) is 2.69. The van der Waals surface area contributed by atoms with Crippen LogP contribution in [0.2, 0.25) is 0 Å². The predicted octanol–water partition coefficient (Wildman–Crippen LogP) is 2.28. The number of nitrogen functional groups attached to an aromatic ring is 1. The van der Waals surface area contributed by atoms with E-state index in [0.717, 1.165) is 10.0 Å². The first-order valence-corrected chi connectivity index (χ1v) is 6.23. The largest absolute Gasteiger partial charge is 0.373 e. The van der Waals surface area contributed by atoms with Crippen LogP contribution in [0.1, 0.15) is 37.0 Å². The van der Waals surface area contributed by atoms with Gasteiger partial charge in [-0.05, 0) is 12.8 Å². The van der Waals surface area contributed by atoms with Gasteiger partial charge < -0.3 is 4.74 Å². The molecule has 1 aromatic heterocycles. The first kappa shape index (κ1) is 10.9. The number of rotatable bonds is 4. The van der Waals surface area contributed by atoms with Gasteiger partial charge in [0.25, 0.3) is 0 Å². The molecule has 0 radical (unpaired) electrons. The van der Waals surface area contributed by atoms with Crippen molar-refractivity contribution in [3.63, 3.8) is 0 Å². The Bertz CT molecular complexity index is 297. The SMILES string of the molecule is NNc1ncc(COC2CCCCC2)s1. The number of hydrogen-bond donors (Lipinski definition) is 2. The predicted molar refractivity (Wildman–Crippen MR) is 61.6 cm³/mol. The summed E-state index contributed by atoms with van der Waals surface area (Å²) in [5.74, 6) is 5.26. The number of nitrogens with one attached hydrogen (secondary N) is 1. The summed E-state index contributed by atoms with van der Waals surface area (Å²) < 4.78 is 5.83. The summed E-state index contributed by atoms with van der Waals surface area (Å²) in [6.07, 6.45) is 8.67. The van der Waals surface area contributed by atoms with E-state index in [1.165, 1.54) is 32.1 Å². The summed E-state index contributed by atoms with van der Waals surface area (Å²) >= 11 is 1.55. The Morgan fingerprint density at radius 3 is 2.93 bits per heavy atom. The number of hydrazine groups is 1. The molecule has 0 atom stereocenters.